The Bertz CT molecular complexity index is 289. The molecule has 0 aliphatic heterocycles. The molecular formula is C11H21N3. The topological polar surface area (TPSA) is 29.9 Å². The van der Waals surface area contributed by atoms with Crippen molar-refractivity contribution >= 4 is 0 Å². The van der Waals surface area contributed by atoms with Gasteiger partial charge in [0.1, 0.15) is 0 Å². The molecule has 0 spiro atoms. The van der Waals surface area contributed by atoms with Crippen molar-refractivity contribution in [2.45, 2.75) is 40.7 Å². The van der Waals surface area contributed by atoms with Crippen LogP contribution in [0.2, 0.25) is 0 Å². The van der Waals surface area contributed by atoms with E-state index in [1.807, 2.05) is 0 Å². The van der Waals surface area contributed by atoms with E-state index in [1.54, 1.807) is 0 Å². The Hall–Kier alpha value is -0.830. The van der Waals surface area contributed by atoms with Crippen molar-refractivity contribution in [2.24, 2.45) is 0 Å². The van der Waals surface area contributed by atoms with E-state index in [0.29, 0.717) is 0 Å². The number of rotatable bonds is 5. The Morgan fingerprint density at radius 3 is 2.50 bits per heavy atom. The second-order valence-electron chi connectivity index (χ2n) is 3.73. The van der Waals surface area contributed by atoms with Crippen LogP contribution in [0.4, 0.5) is 0 Å². The molecule has 0 saturated heterocycles. The molecule has 1 N–H and O–H groups in total. The third-order valence-electron chi connectivity index (χ3n) is 2.72. The fourth-order valence-electron chi connectivity index (χ4n) is 1.53. The van der Waals surface area contributed by atoms with E-state index >= 15 is 0 Å². The third-order valence-corrected chi connectivity index (χ3v) is 2.72. The minimum Gasteiger partial charge on any atom is -0.317 e. The predicted molar refractivity (Wildman–Crippen MR) is 59.6 cm³/mol. The van der Waals surface area contributed by atoms with Gasteiger partial charge in [-0.15, -0.1) is 0 Å². The van der Waals surface area contributed by atoms with Gasteiger partial charge < -0.3 is 5.32 Å². The van der Waals surface area contributed by atoms with Crippen LogP contribution in [0.25, 0.3) is 0 Å². The molecule has 0 unspecified atom stereocenters. The Morgan fingerprint density at radius 1 is 1.29 bits per heavy atom. The average molecular weight is 195 g/mol. The molecule has 0 atom stereocenters. The summed E-state index contributed by atoms with van der Waals surface area (Å²) in [5.74, 6) is 0. The fourth-order valence-corrected chi connectivity index (χ4v) is 1.53. The summed E-state index contributed by atoms with van der Waals surface area (Å²) in [6.07, 6.45) is 1.15. The number of aromatic nitrogens is 2. The minimum atomic E-state index is 1.02. The highest BCUT2D eigenvalue weighted by Gasteiger charge is 2.05. The van der Waals surface area contributed by atoms with Crippen LogP contribution >= 0.6 is 0 Å². The second-order valence-corrected chi connectivity index (χ2v) is 3.73. The lowest BCUT2D eigenvalue weighted by molar-refractivity contribution is 0.538. The van der Waals surface area contributed by atoms with Gasteiger partial charge in [0.15, 0.2) is 0 Å². The fraction of sp³-hybridized carbons (Fsp3) is 0.727. The average Bonchev–Trinajstić information content (AvgIpc) is 2.41. The van der Waals surface area contributed by atoms with Gasteiger partial charge in [-0.3, -0.25) is 4.68 Å². The maximum atomic E-state index is 4.50. The number of aryl methyl sites for hydroxylation is 2. The number of hydrogen-bond donors (Lipinski definition) is 1. The zero-order chi connectivity index (χ0) is 10.6. The van der Waals surface area contributed by atoms with E-state index in [9.17, 15) is 0 Å². The van der Waals surface area contributed by atoms with Crippen molar-refractivity contribution in [1.82, 2.24) is 15.1 Å². The normalized spacial score (nSPS) is 10.9. The van der Waals surface area contributed by atoms with Crippen LogP contribution in [0.1, 0.15) is 30.3 Å². The molecule has 3 heteroatoms. The summed E-state index contributed by atoms with van der Waals surface area (Å²) in [5.41, 5.74) is 3.79. The molecule has 0 radical (unpaired) electrons. The maximum Gasteiger partial charge on any atom is 0.0625 e. The van der Waals surface area contributed by atoms with E-state index in [1.165, 1.54) is 11.3 Å². The zero-order valence-corrected chi connectivity index (χ0v) is 9.72. The van der Waals surface area contributed by atoms with Gasteiger partial charge in [-0.25, -0.2) is 0 Å². The Kier molecular flexibility index (Phi) is 4.14. The number of nitrogens with one attached hydrogen (secondary N) is 1. The van der Waals surface area contributed by atoms with E-state index in [0.717, 1.165) is 31.7 Å². The molecular weight excluding hydrogens is 174 g/mol. The molecule has 14 heavy (non-hydrogen) atoms. The first-order valence-corrected chi connectivity index (χ1v) is 5.38. The highest BCUT2D eigenvalue weighted by atomic mass is 15.3. The van der Waals surface area contributed by atoms with Gasteiger partial charge in [0.2, 0.25) is 0 Å². The molecule has 0 aliphatic carbocycles. The molecule has 1 aromatic heterocycles. The van der Waals surface area contributed by atoms with E-state index in [2.05, 4.69) is 42.8 Å². The van der Waals surface area contributed by atoms with Crippen molar-refractivity contribution in [1.29, 1.82) is 0 Å². The van der Waals surface area contributed by atoms with Crippen LogP contribution in [-0.2, 0) is 6.54 Å². The predicted octanol–water partition coefficient (Wildman–Crippen LogP) is 1.81. The lowest BCUT2D eigenvalue weighted by atomic mass is 10.2. The molecule has 0 fully saturated rings. The molecule has 3 nitrogen and oxygen atoms in total. The Labute approximate surface area is 86.5 Å². The molecule has 1 heterocycles. The summed E-state index contributed by atoms with van der Waals surface area (Å²) in [4.78, 5) is 0. The molecule has 80 valence electrons. The van der Waals surface area contributed by atoms with E-state index < -0.39 is 0 Å². The van der Waals surface area contributed by atoms with Crippen LogP contribution in [0, 0.1) is 20.8 Å². The van der Waals surface area contributed by atoms with Gasteiger partial charge >= 0.3 is 0 Å². The van der Waals surface area contributed by atoms with Crippen LogP contribution in [0.5, 0.6) is 0 Å². The molecule has 0 amide bonds. The van der Waals surface area contributed by atoms with Crippen LogP contribution in [0.3, 0.4) is 0 Å². The molecule has 0 saturated carbocycles. The third kappa shape index (κ3) is 2.58. The lowest BCUT2D eigenvalue weighted by Crippen LogP contribution is -2.16. The highest BCUT2D eigenvalue weighted by molar-refractivity contribution is 5.21. The van der Waals surface area contributed by atoms with E-state index in [-0.39, 0.29) is 0 Å². The molecule has 1 aromatic rings. The molecule has 0 bridgehead atoms. The van der Waals surface area contributed by atoms with Crippen molar-refractivity contribution in [3.05, 3.63) is 17.0 Å². The largest absolute Gasteiger partial charge is 0.317 e. The summed E-state index contributed by atoms with van der Waals surface area (Å²) >= 11 is 0. The SMILES string of the molecule is CCNCCCn1nc(C)c(C)c1C. The Morgan fingerprint density at radius 2 is 2.00 bits per heavy atom. The first-order chi connectivity index (χ1) is 6.66. The summed E-state index contributed by atoms with van der Waals surface area (Å²) in [7, 11) is 0. The number of nitrogens with zero attached hydrogens (tertiary/aromatic N) is 2. The summed E-state index contributed by atoms with van der Waals surface area (Å²) in [6, 6.07) is 0. The minimum absolute atomic E-state index is 1.02. The highest BCUT2D eigenvalue weighted by Crippen LogP contribution is 2.10. The summed E-state index contributed by atoms with van der Waals surface area (Å²) < 4.78 is 2.11. The summed E-state index contributed by atoms with van der Waals surface area (Å²) in [5, 5.41) is 7.81. The van der Waals surface area contributed by atoms with Gasteiger partial charge in [-0.2, -0.15) is 5.10 Å². The first kappa shape index (κ1) is 11.2. The summed E-state index contributed by atoms with van der Waals surface area (Å²) in [6.45, 7) is 11.6. The maximum absolute atomic E-state index is 4.50. The van der Waals surface area contributed by atoms with Crippen LogP contribution in [0.15, 0.2) is 0 Å². The standard InChI is InChI=1S/C11H21N3/c1-5-12-7-6-8-14-11(4)9(2)10(3)13-14/h12H,5-8H2,1-4H3. The van der Waals surface area contributed by atoms with Crippen molar-refractivity contribution in [2.75, 3.05) is 13.1 Å². The smallest absolute Gasteiger partial charge is 0.0625 e. The molecule has 0 aliphatic rings. The van der Waals surface area contributed by atoms with Crippen molar-refractivity contribution in [3.63, 3.8) is 0 Å². The quantitative estimate of drug-likeness (QED) is 0.726. The lowest BCUT2D eigenvalue weighted by Gasteiger charge is -2.04. The number of hydrogen-bond acceptors (Lipinski definition) is 2. The van der Waals surface area contributed by atoms with Crippen molar-refractivity contribution in [3.8, 4) is 0 Å². The van der Waals surface area contributed by atoms with E-state index in [4.69, 9.17) is 0 Å². The monoisotopic (exact) mass is 195 g/mol. The van der Waals surface area contributed by atoms with Gasteiger partial charge in [0.05, 0.1) is 5.69 Å². The molecule has 1 rings (SSSR count). The van der Waals surface area contributed by atoms with Gasteiger partial charge in [0, 0.05) is 12.2 Å². The Balaban J connectivity index is 2.47. The second kappa shape index (κ2) is 5.15. The van der Waals surface area contributed by atoms with Gasteiger partial charge in [-0.05, 0) is 45.8 Å². The zero-order valence-electron chi connectivity index (χ0n) is 9.72. The van der Waals surface area contributed by atoms with Crippen LogP contribution < -0.4 is 5.32 Å². The molecule has 0 aromatic carbocycles. The van der Waals surface area contributed by atoms with Crippen LogP contribution in [-0.4, -0.2) is 22.9 Å². The van der Waals surface area contributed by atoms with Crippen molar-refractivity contribution < 1.29 is 0 Å². The van der Waals surface area contributed by atoms with Gasteiger partial charge in [-0.1, -0.05) is 6.92 Å². The van der Waals surface area contributed by atoms with Gasteiger partial charge in [0.25, 0.3) is 0 Å². The first-order valence-electron chi connectivity index (χ1n) is 5.38.